The number of aromatic nitrogens is 2. The summed E-state index contributed by atoms with van der Waals surface area (Å²) in [5, 5.41) is 9.30. The zero-order valence-electron chi connectivity index (χ0n) is 10.0. The summed E-state index contributed by atoms with van der Waals surface area (Å²) < 4.78 is 20.6. The molecule has 1 aliphatic rings. The molecule has 0 spiro atoms. The molecule has 0 bridgehead atoms. The lowest BCUT2D eigenvalue weighted by Gasteiger charge is -2.25. The van der Waals surface area contributed by atoms with Crippen LogP contribution in [-0.4, -0.2) is 33.0 Å². The number of halogens is 1. The van der Waals surface area contributed by atoms with Crippen molar-refractivity contribution in [2.45, 2.75) is 37.8 Å². The summed E-state index contributed by atoms with van der Waals surface area (Å²) in [6, 6.07) is 1.41. The van der Waals surface area contributed by atoms with E-state index in [0.717, 1.165) is 4.57 Å². The molecule has 100 valence electrons. The van der Waals surface area contributed by atoms with E-state index in [2.05, 4.69) is 4.98 Å². The van der Waals surface area contributed by atoms with Crippen molar-refractivity contribution < 1.29 is 14.2 Å². The Hall–Kier alpha value is -1.47. The van der Waals surface area contributed by atoms with E-state index < -0.39 is 23.7 Å². The molecule has 1 aromatic rings. The van der Waals surface area contributed by atoms with Crippen molar-refractivity contribution in [3.05, 3.63) is 22.7 Å². The molecule has 1 aliphatic heterocycles. The SMILES string of the molecule is CC[C@@]1(CO)C[C@H](F)[C@H](n2ccc(N)nc2=O)O1. The van der Waals surface area contributed by atoms with Crippen molar-refractivity contribution in [1.82, 2.24) is 9.55 Å². The van der Waals surface area contributed by atoms with E-state index in [1.165, 1.54) is 12.3 Å². The Labute approximate surface area is 103 Å². The fourth-order valence-corrected chi connectivity index (χ4v) is 2.13. The summed E-state index contributed by atoms with van der Waals surface area (Å²) in [5.41, 5.74) is 3.78. The van der Waals surface area contributed by atoms with E-state index in [9.17, 15) is 14.3 Å². The minimum atomic E-state index is -1.36. The van der Waals surface area contributed by atoms with Crippen molar-refractivity contribution in [1.29, 1.82) is 0 Å². The van der Waals surface area contributed by atoms with Gasteiger partial charge in [0.1, 0.15) is 12.0 Å². The number of nitrogens with zero attached hydrogens (tertiary/aromatic N) is 2. The van der Waals surface area contributed by atoms with Crippen LogP contribution in [0.25, 0.3) is 0 Å². The van der Waals surface area contributed by atoms with E-state index in [0.29, 0.717) is 6.42 Å². The lowest BCUT2D eigenvalue weighted by Crippen LogP contribution is -2.34. The monoisotopic (exact) mass is 257 g/mol. The molecule has 0 aliphatic carbocycles. The third-order valence-corrected chi connectivity index (χ3v) is 3.31. The van der Waals surface area contributed by atoms with Crippen LogP contribution in [0.2, 0.25) is 0 Å². The van der Waals surface area contributed by atoms with Gasteiger partial charge in [-0.1, -0.05) is 6.92 Å². The highest BCUT2D eigenvalue weighted by Gasteiger charge is 2.46. The number of aliphatic hydroxyl groups excluding tert-OH is 1. The summed E-state index contributed by atoms with van der Waals surface area (Å²) in [6.07, 6.45) is -0.540. The average Bonchev–Trinajstić information content (AvgIpc) is 2.67. The van der Waals surface area contributed by atoms with Gasteiger partial charge in [-0.3, -0.25) is 4.57 Å². The molecule has 0 saturated carbocycles. The Kier molecular flexibility index (Phi) is 3.36. The van der Waals surface area contributed by atoms with E-state index in [-0.39, 0.29) is 18.8 Å². The minimum absolute atomic E-state index is 0.0570. The molecule has 0 amide bonds. The molecule has 7 heteroatoms. The van der Waals surface area contributed by atoms with Crippen molar-refractivity contribution in [3.63, 3.8) is 0 Å². The van der Waals surface area contributed by atoms with Gasteiger partial charge in [0.05, 0.1) is 12.2 Å². The maximum atomic E-state index is 14.0. The molecule has 6 nitrogen and oxygen atoms in total. The van der Waals surface area contributed by atoms with Crippen molar-refractivity contribution in [2.75, 3.05) is 12.3 Å². The molecule has 1 saturated heterocycles. The predicted octanol–water partition coefficient (Wildman–Crippen LogP) is 0.224. The number of hydrogen-bond acceptors (Lipinski definition) is 5. The number of anilines is 1. The standard InChI is InChI=1S/C11H16FN3O3/c1-2-11(6-16)5-7(12)9(18-11)15-4-3-8(13)14-10(15)17/h3-4,7,9,16H,2,5-6H2,1H3,(H2,13,14,17)/t7-,9+,11-/m0/s1. The largest absolute Gasteiger partial charge is 0.393 e. The Morgan fingerprint density at radius 3 is 3.00 bits per heavy atom. The van der Waals surface area contributed by atoms with Gasteiger partial charge in [0, 0.05) is 12.6 Å². The highest BCUT2D eigenvalue weighted by molar-refractivity contribution is 5.23. The van der Waals surface area contributed by atoms with Crippen LogP contribution in [0.5, 0.6) is 0 Å². The first-order chi connectivity index (χ1) is 8.51. The third-order valence-electron chi connectivity index (χ3n) is 3.31. The van der Waals surface area contributed by atoms with Gasteiger partial charge in [-0.25, -0.2) is 9.18 Å². The van der Waals surface area contributed by atoms with Crippen molar-refractivity contribution in [2.24, 2.45) is 0 Å². The van der Waals surface area contributed by atoms with E-state index in [4.69, 9.17) is 10.5 Å². The Balaban J connectivity index is 2.32. The van der Waals surface area contributed by atoms with Crippen LogP contribution >= 0.6 is 0 Å². The first-order valence-electron chi connectivity index (χ1n) is 5.79. The number of nitrogen functional groups attached to an aromatic ring is 1. The van der Waals surface area contributed by atoms with Crippen LogP contribution in [0.3, 0.4) is 0 Å². The second kappa shape index (κ2) is 4.66. The smallest absolute Gasteiger partial charge is 0.351 e. The number of alkyl halides is 1. The first kappa shape index (κ1) is 13.0. The molecule has 0 unspecified atom stereocenters. The summed E-state index contributed by atoms with van der Waals surface area (Å²) in [7, 11) is 0. The van der Waals surface area contributed by atoms with Gasteiger partial charge in [-0.15, -0.1) is 0 Å². The second-order valence-corrected chi connectivity index (χ2v) is 4.47. The third kappa shape index (κ3) is 2.11. The fraction of sp³-hybridized carbons (Fsp3) is 0.636. The van der Waals surface area contributed by atoms with E-state index in [1.54, 1.807) is 6.92 Å². The molecular formula is C11H16FN3O3. The number of rotatable bonds is 3. The van der Waals surface area contributed by atoms with Gasteiger partial charge in [-0.05, 0) is 12.5 Å². The highest BCUT2D eigenvalue weighted by atomic mass is 19.1. The maximum absolute atomic E-state index is 14.0. The molecule has 0 aromatic carbocycles. The molecular weight excluding hydrogens is 241 g/mol. The van der Waals surface area contributed by atoms with Crippen LogP contribution in [0.4, 0.5) is 10.2 Å². The number of ether oxygens (including phenoxy) is 1. The lowest BCUT2D eigenvalue weighted by atomic mass is 9.97. The van der Waals surface area contributed by atoms with Crippen LogP contribution in [0.1, 0.15) is 26.0 Å². The second-order valence-electron chi connectivity index (χ2n) is 4.47. The zero-order valence-corrected chi connectivity index (χ0v) is 10.0. The maximum Gasteiger partial charge on any atom is 0.351 e. The summed E-state index contributed by atoms with van der Waals surface area (Å²) in [6.45, 7) is 1.52. The van der Waals surface area contributed by atoms with Gasteiger partial charge in [0.15, 0.2) is 6.23 Å². The number of aliphatic hydroxyl groups is 1. The van der Waals surface area contributed by atoms with Gasteiger partial charge in [0.25, 0.3) is 0 Å². The number of hydrogen-bond donors (Lipinski definition) is 2. The van der Waals surface area contributed by atoms with Gasteiger partial charge < -0.3 is 15.6 Å². The van der Waals surface area contributed by atoms with Crippen LogP contribution < -0.4 is 11.4 Å². The lowest BCUT2D eigenvalue weighted by molar-refractivity contribution is -0.107. The summed E-state index contributed by atoms with van der Waals surface area (Å²) in [4.78, 5) is 15.2. The molecule has 0 radical (unpaired) electrons. The molecule has 2 rings (SSSR count). The molecule has 18 heavy (non-hydrogen) atoms. The minimum Gasteiger partial charge on any atom is -0.393 e. The molecule has 2 heterocycles. The van der Waals surface area contributed by atoms with E-state index >= 15 is 0 Å². The van der Waals surface area contributed by atoms with Crippen molar-refractivity contribution >= 4 is 5.82 Å². The highest BCUT2D eigenvalue weighted by Crippen LogP contribution is 2.39. The summed E-state index contributed by atoms with van der Waals surface area (Å²) in [5.74, 6) is 0.0774. The topological polar surface area (TPSA) is 90.4 Å². The quantitative estimate of drug-likeness (QED) is 0.808. The van der Waals surface area contributed by atoms with Crippen LogP contribution in [0, 0.1) is 0 Å². The molecule has 3 N–H and O–H groups in total. The van der Waals surface area contributed by atoms with Crippen LogP contribution in [0.15, 0.2) is 17.1 Å². The van der Waals surface area contributed by atoms with Gasteiger partial charge >= 0.3 is 5.69 Å². The Bertz CT molecular complexity index is 487. The Morgan fingerprint density at radius 2 is 2.50 bits per heavy atom. The zero-order chi connectivity index (χ0) is 13.3. The van der Waals surface area contributed by atoms with E-state index in [1.807, 2.05) is 0 Å². The Morgan fingerprint density at radius 1 is 1.78 bits per heavy atom. The van der Waals surface area contributed by atoms with Crippen molar-refractivity contribution in [3.8, 4) is 0 Å². The van der Waals surface area contributed by atoms with Gasteiger partial charge in [0.2, 0.25) is 0 Å². The molecule has 1 fully saturated rings. The first-order valence-corrected chi connectivity index (χ1v) is 5.79. The van der Waals surface area contributed by atoms with Gasteiger partial charge in [-0.2, -0.15) is 4.98 Å². The average molecular weight is 257 g/mol. The fourth-order valence-electron chi connectivity index (χ4n) is 2.13. The van der Waals surface area contributed by atoms with Crippen LogP contribution in [-0.2, 0) is 4.74 Å². The normalized spacial score (nSPS) is 31.7. The summed E-state index contributed by atoms with van der Waals surface area (Å²) >= 11 is 0. The number of nitrogens with two attached hydrogens (primary N) is 1. The predicted molar refractivity (Wildman–Crippen MR) is 62.7 cm³/mol. The molecule has 1 aromatic heterocycles. The molecule has 3 atom stereocenters.